The first-order chi connectivity index (χ1) is 9.69. The number of rotatable bonds is 3. The lowest BCUT2D eigenvalue weighted by Gasteiger charge is -2.16. The third-order valence-electron chi connectivity index (χ3n) is 3.57. The Balaban J connectivity index is 2.02. The number of aryl methyl sites for hydroxylation is 1. The standard InChI is InChI=1S/C15H15NO3S/c1-19-10-5-2-4-9(8-10)14-16-13-11(15(17)18)6-3-7-12(13)20-14/h2,4-5,8,11H,3,6-7H2,1H3,(H,17,18). The summed E-state index contributed by atoms with van der Waals surface area (Å²) < 4.78 is 5.22. The fourth-order valence-electron chi connectivity index (χ4n) is 2.54. The zero-order valence-electron chi connectivity index (χ0n) is 11.1. The molecule has 1 unspecified atom stereocenters. The zero-order valence-corrected chi connectivity index (χ0v) is 11.9. The maximum absolute atomic E-state index is 11.3. The van der Waals surface area contributed by atoms with Gasteiger partial charge in [-0.2, -0.15) is 0 Å². The van der Waals surface area contributed by atoms with Gasteiger partial charge in [-0.05, 0) is 31.4 Å². The normalized spacial score (nSPS) is 17.6. The SMILES string of the molecule is COc1cccc(-c2nc3c(s2)CCCC3C(=O)O)c1. The van der Waals surface area contributed by atoms with Crippen LogP contribution < -0.4 is 4.74 Å². The Morgan fingerprint density at radius 1 is 1.50 bits per heavy atom. The molecule has 1 aliphatic rings. The highest BCUT2D eigenvalue weighted by molar-refractivity contribution is 7.15. The molecule has 1 heterocycles. The molecule has 0 saturated carbocycles. The fraction of sp³-hybridized carbons (Fsp3) is 0.333. The number of aromatic nitrogens is 1. The summed E-state index contributed by atoms with van der Waals surface area (Å²) in [5, 5.41) is 10.2. The number of fused-ring (bicyclic) bond motifs is 1. The molecule has 1 N–H and O–H groups in total. The van der Waals surface area contributed by atoms with E-state index < -0.39 is 11.9 Å². The third-order valence-corrected chi connectivity index (χ3v) is 4.75. The monoisotopic (exact) mass is 289 g/mol. The van der Waals surface area contributed by atoms with Crippen LogP contribution in [0.5, 0.6) is 5.75 Å². The van der Waals surface area contributed by atoms with Crippen molar-refractivity contribution in [2.75, 3.05) is 7.11 Å². The average Bonchev–Trinajstić information content (AvgIpc) is 2.91. The maximum atomic E-state index is 11.3. The number of hydrogen-bond acceptors (Lipinski definition) is 4. The van der Waals surface area contributed by atoms with Crippen molar-refractivity contribution in [1.29, 1.82) is 0 Å². The quantitative estimate of drug-likeness (QED) is 0.941. The van der Waals surface area contributed by atoms with Gasteiger partial charge in [0.1, 0.15) is 10.8 Å². The summed E-state index contributed by atoms with van der Waals surface area (Å²) in [5.74, 6) is -0.437. The van der Waals surface area contributed by atoms with Gasteiger partial charge in [0.2, 0.25) is 0 Å². The van der Waals surface area contributed by atoms with E-state index in [0.29, 0.717) is 6.42 Å². The molecule has 1 aliphatic carbocycles. The molecule has 0 bridgehead atoms. The van der Waals surface area contributed by atoms with Gasteiger partial charge in [-0.15, -0.1) is 11.3 Å². The van der Waals surface area contributed by atoms with Crippen molar-refractivity contribution in [3.63, 3.8) is 0 Å². The molecular formula is C15H15NO3S. The minimum absolute atomic E-state index is 0.450. The van der Waals surface area contributed by atoms with E-state index >= 15 is 0 Å². The molecule has 3 rings (SSSR count). The number of carbonyl (C=O) groups is 1. The molecular weight excluding hydrogens is 274 g/mol. The Morgan fingerprint density at radius 2 is 2.35 bits per heavy atom. The van der Waals surface area contributed by atoms with Crippen molar-refractivity contribution in [2.24, 2.45) is 0 Å². The molecule has 0 spiro atoms. The van der Waals surface area contributed by atoms with Gasteiger partial charge in [0.05, 0.1) is 18.7 Å². The molecule has 2 aromatic rings. The predicted molar refractivity (Wildman–Crippen MR) is 77.4 cm³/mol. The van der Waals surface area contributed by atoms with Crippen LogP contribution in [0.1, 0.15) is 29.3 Å². The number of hydrogen-bond donors (Lipinski definition) is 1. The lowest BCUT2D eigenvalue weighted by Crippen LogP contribution is -2.17. The third kappa shape index (κ3) is 2.29. The average molecular weight is 289 g/mol. The minimum Gasteiger partial charge on any atom is -0.497 e. The van der Waals surface area contributed by atoms with Gasteiger partial charge in [-0.25, -0.2) is 4.98 Å². The summed E-state index contributed by atoms with van der Waals surface area (Å²) in [6, 6.07) is 7.71. The van der Waals surface area contributed by atoms with Crippen molar-refractivity contribution >= 4 is 17.3 Å². The van der Waals surface area contributed by atoms with Gasteiger partial charge in [0.15, 0.2) is 0 Å². The lowest BCUT2D eigenvalue weighted by atomic mass is 9.91. The molecule has 1 atom stereocenters. The van der Waals surface area contributed by atoms with E-state index in [1.165, 1.54) is 0 Å². The van der Waals surface area contributed by atoms with E-state index in [4.69, 9.17) is 4.74 Å². The number of ether oxygens (including phenoxy) is 1. The first-order valence-electron chi connectivity index (χ1n) is 6.56. The smallest absolute Gasteiger partial charge is 0.312 e. The topological polar surface area (TPSA) is 59.4 Å². The second kappa shape index (κ2) is 5.25. The van der Waals surface area contributed by atoms with Crippen LogP contribution in [0.15, 0.2) is 24.3 Å². The second-order valence-electron chi connectivity index (χ2n) is 4.84. The van der Waals surface area contributed by atoms with Crippen LogP contribution in [0.4, 0.5) is 0 Å². The van der Waals surface area contributed by atoms with E-state index in [1.807, 2.05) is 24.3 Å². The van der Waals surface area contributed by atoms with Gasteiger partial charge in [0, 0.05) is 10.4 Å². The van der Waals surface area contributed by atoms with Crippen molar-refractivity contribution in [3.8, 4) is 16.3 Å². The number of carboxylic acids is 1. The highest BCUT2D eigenvalue weighted by Crippen LogP contribution is 2.38. The second-order valence-corrected chi connectivity index (χ2v) is 5.93. The number of carboxylic acid groups (broad SMARTS) is 1. The number of aliphatic carboxylic acids is 1. The number of benzene rings is 1. The Bertz CT molecular complexity index is 650. The van der Waals surface area contributed by atoms with Gasteiger partial charge in [0.25, 0.3) is 0 Å². The summed E-state index contributed by atoms with van der Waals surface area (Å²) >= 11 is 1.60. The van der Waals surface area contributed by atoms with Crippen LogP contribution >= 0.6 is 11.3 Å². The van der Waals surface area contributed by atoms with Crippen LogP contribution in [0.2, 0.25) is 0 Å². The summed E-state index contributed by atoms with van der Waals surface area (Å²) in [6.07, 6.45) is 2.54. The summed E-state index contributed by atoms with van der Waals surface area (Å²) in [4.78, 5) is 17.0. The molecule has 104 valence electrons. The van der Waals surface area contributed by atoms with Gasteiger partial charge >= 0.3 is 5.97 Å². The van der Waals surface area contributed by atoms with Crippen molar-refractivity contribution in [2.45, 2.75) is 25.2 Å². The molecule has 5 heteroatoms. The molecule has 1 aromatic carbocycles. The number of thiazole rings is 1. The van der Waals surface area contributed by atoms with Gasteiger partial charge in [-0.3, -0.25) is 4.79 Å². The Labute approximate surface area is 121 Å². The first kappa shape index (κ1) is 13.1. The molecule has 20 heavy (non-hydrogen) atoms. The summed E-state index contributed by atoms with van der Waals surface area (Å²) in [6.45, 7) is 0. The van der Waals surface area contributed by atoms with Crippen molar-refractivity contribution < 1.29 is 14.6 Å². The maximum Gasteiger partial charge on any atom is 0.312 e. The van der Waals surface area contributed by atoms with Crippen LogP contribution in [-0.2, 0) is 11.2 Å². The van der Waals surface area contributed by atoms with E-state index in [0.717, 1.165) is 39.7 Å². The van der Waals surface area contributed by atoms with Crippen molar-refractivity contribution in [3.05, 3.63) is 34.8 Å². The summed E-state index contributed by atoms with van der Waals surface area (Å²) in [5.41, 5.74) is 1.74. The van der Waals surface area contributed by atoms with E-state index in [2.05, 4.69) is 4.98 Å². The Morgan fingerprint density at radius 3 is 3.10 bits per heavy atom. The lowest BCUT2D eigenvalue weighted by molar-refractivity contribution is -0.139. The van der Waals surface area contributed by atoms with Crippen molar-refractivity contribution in [1.82, 2.24) is 4.98 Å². The van der Waals surface area contributed by atoms with E-state index in [1.54, 1.807) is 18.4 Å². The number of nitrogens with zero attached hydrogens (tertiary/aromatic N) is 1. The van der Waals surface area contributed by atoms with E-state index in [-0.39, 0.29) is 0 Å². The minimum atomic E-state index is -0.770. The highest BCUT2D eigenvalue weighted by atomic mass is 32.1. The van der Waals surface area contributed by atoms with E-state index in [9.17, 15) is 9.90 Å². The van der Waals surface area contributed by atoms with Crippen LogP contribution in [0, 0.1) is 0 Å². The Kier molecular flexibility index (Phi) is 3.44. The molecule has 0 fully saturated rings. The molecule has 0 saturated heterocycles. The number of methoxy groups -OCH3 is 1. The molecule has 0 amide bonds. The highest BCUT2D eigenvalue weighted by Gasteiger charge is 2.30. The zero-order chi connectivity index (χ0) is 14.1. The molecule has 0 aliphatic heterocycles. The first-order valence-corrected chi connectivity index (χ1v) is 7.37. The van der Waals surface area contributed by atoms with Gasteiger partial charge in [-0.1, -0.05) is 12.1 Å². The fourth-order valence-corrected chi connectivity index (χ4v) is 3.70. The molecule has 4 nitrogen and oxygen atoms in total. The molecule has 1 aromatic heterocycles. The van der Waals surface area contributed by atoms with Crippen LogP contribution in [-0.4, -0.2) is 23.2 Å². The van der Waals surface area contributed by atoms with Gasteiger partial charge < -0.3 is 9.84 Å². The molecule has 0 radical (unpaired) electrons. The largest absolute Gasteiger partial charge is 0.497 e. The summed E-state index contributed by atoms with van der Waals surface area (Å²) in [7, 11) is 1.63. The Hall–Kier alpha value is -1.88. The van der Waals surface area contributed by atoms with Crippen LogP contribution in [0.25, 0.3) is 10.6 Å². The predicted octanol–water partition coefficient (Wildman–Crippen LogP) is 3.32. The van der Waals surface area contributed by atoms with Crippen LogP contribution in [0.3, 0.4) is 0 Å².